The maximum Gasteiger partial charge on any atom is 1.00 e. The van der Waals surface area contributed by atoms with Crippen molar-refractivity contribution in [3.05, 3.63) is 123 Å². The maximum absolute atomic E-state index is 12.9. The first-order chi connectivity index (χ1) is 24.3. The van der Waals surface area contributed by atoms with E-state index in [0.29, 0.717) is 5.71 Å². The number of para-hydroxylation sites is 2. The quantitative estimate of drug-likeness (QED) is 0.133. The van der Waals surface area contributed by atoms with Gasteiger partial charge < -0.3 is 14.6 Å². The van der Waals surface area contributed by atoms with Gasteiger partial charge in [0.15, 0.2) is 0 Å². The molecule has 0 amide bonds. The monoisotopic (exact) mass is 883 g/mol. The van der Waals surface area contributed by atoms with E-state index >= 15 is 0 Å². The van der Waals surface area contributed by atoms with E-state index in [2.05, 4.69) is 75.8 Å². The van der Waals surface area contributed by atoms with Gasteiger partial charge in [0.1, 0.15) is 11.4 Å². The van der Waals surface area contributed by atoms with Crippen LogP contribution in [0.2, 0.25) is 0 Å². The number of nitrogens with zero attached hydrogens (tertiary/aromatic N) is 2. The molecule has 280 valence electrons. The number of rotatable bonds is 4. The van der Waals surface area contributed by atoms with Crippen molar-refractivity contribution >= 4 is 54.2 Å². The molecule has 5 aromatic rings. The minimum Gasteiger partial charge on any atom is -0.850 e. The molecular weight excluding hydrogens is 836 g/mol. The van der Waals surface area contributed by atoms with Crippen molar-refractivity contribution in [2.45, 2.75) is 78.7 Å². The molecule has 2 heterocycles. The molecule has 1 saturated heterocycles. The van der Waals surface area contributed by atoms with Crippen LogP contribution in [0.1, 0.15) is 73.9 Å². The summed E-state index contributed by atoms with van der Waals surface area (Å²) in [6.07, 6.45) is -1.85. The smallest absolute Gasteiger partial charge is 0.850 e. The molecule has 1 aliphatic rings. The molecule has 0 radical (unpaired) electrons. The van der Waals surface area contributed by atoms with Crippen LogP contribution < -0.4 is 61.2 Å². The van der Waals surface area contributed by atoms with Gasteiger partial charge >= 0.3 is 57.6 Å². The first-order valence-electron chi connectivity index (χ1n) is 16.9. The molecule has 0 bridgehead atoms. The Kier molecular flexibility index (Phi) is 19.6. The Labute approximate surface area is 373 Å². The van der Waals surface area contributed by atoms with E-state index < -0.39 is 17.3 Å². The molecule has 1 aliphatic heterocycles. The fourth-order valence-corrected chi connectivity index (χ4v) is 5.11. The summed E-state index contributed by atoms with van der Waals surface area (Å²) in [5, 5.41) is 11.1. The zero-order valence-electron chi connectivity index (χ0n) is 31.7. The molecule has 0 spiro atoms. The normalized spacial score (nSPS) is 13.0. The van der Waals surface area contributed by atoms with Crippen LogP contribution in [0.15, 0.2) is 117 Å². The van der Waals surface area contributed by atoms with Crippen molar-refractivity contribution < 1.29 is 80.6 Å². The molecular formula is C42H48Br2F3KN2O3. The molecule has 1 aromatic heterocycles. The van der Waals surface area contributed by atoms with Gasteiger partial charge in [0.2, 0.25) is 0 Å². The summed E-state index contributed by atoms with van der Waals surface area (Å²) in [6, 6.07) is 30.8. The average molecular weight is 886 g/mol. The molecule has 0 unspecified atom stereocenters. The second-order valence-corrected chi connectivity index (χ2v) is 15.7. The van der Waals surface area contributed by atoms with Crippen molar-refractivity contribution in [3.8, 4) is 17.0 Å². The number of fused-ring (bicyclic) bond motifs is 1. The van der Waals surface area contributed by atoms with Crippen molar-refractivity contribution in [1.82, 2.24) is 4.98 Å². The molecule has 4 aromatic carbocycles. The van der Waals surface area contributed by atoms with E-state index in [9.17, 15) is 18.3 Å². The first-order valence-corrected chi connectivity index (χ1v) is 18.5. The third kappa shape index (κ3) is 18.0. The van der Waals surface area contributed by atoms with E-state index in [1.807, 2.05) is 48.5 Å². The van der Waals surface area contributed by atoms with Crippen LogP contribution in [-0.4, -0.2) is 35.1 Å². The third-order valence-electron chi connectivity index (χ3n) is 6.82. The number of aliphatic imine (C=N–C) groups is 1. The van der Waals surface area contributed by atoms with Gasteiger partial charge in [-0.2, -0.15) is 13.2 Å². The van der Waals surface area contributed by atoms with E-state index in [1.165, 1.54) is 25.0 Å². The SMILES string of the molecule is C1CCOC1.CC(=Nc1ccccc1C(F)(F)F)c1ccc(Br)cc1.CC(C)(C)Oc1cc(-c2ccc(Br)cc2)nc2ccccc12.CC(C)(C)[O-].[2HH].[K+]. The molecule has 0 aliphatic carbocycles. The predicted molar refractivity (Wildman–Crippen MR) is 215 cm³/mol. The molecule has 0 atom stereocenters. The summed E-state index contributed by atoms with van der Waals surface area (Å²) in [6.45, 7) is 14.8. The number of pyridine rings is 1. The Balaban J connectivity index is 0.000000419. The first kappa shape index (κ1) is 47.2. The molecule has 5 nitrogen and oxygen atoms in total. The second kappa shape index (κ2) is 22.0. The summed E-state index contributed by atoms with van der Waals surface area (Å²) in [4.78, 5) is 8.88. The number of alkyl halides is 3. The van der Waals surface area contributed by atoms with Crippen molar-refractivity contribution in [1.29, 1.82) is 0 Å². The predicted octanol–water partition coefficient (Wildman–Crippen LogP) is 9.64. The summed E-state index contributed by atoms with van der Waals surface area (Å²) in [5.41, 5.74) is 2.47. The minimum atomic E-state index is -4.40. The van der Waals surface area contributed by atoms with Gasteiger partial charge in [0.25, 0.3) is 0 Å². The van der Waals surface area contributed by atoms with Crippen LogP contribution in [0.25, 0.3) is 22.2 Å². The van der Waals surface area contributed by atoms with Crippen LogP contribution in [0.5, 0.6) is 5.75 Å². The van der Waals surface area contributed by atoms with Crippen LogP contribution in [0.3, 0.4) is 0 Å². The van der Waals surface area contributed by atoms with Gasteiger partial charge in [-0.25, -0.2) is 4.98 Å². The molecule has 1 fully saturated rings. The van der Waals surface area contributed by atoms with Gasteiger partial charge in [-0.3, -0.25) is 4.99 Å². The summed E-state index contributed by atoms with van der Waals surface area (Å²) >= 11 is 6.78. The third-order valence-corrected chi connectivity index (χ3v) is 7.88. The van der Waals surface area contributed by atoms with Gasteiger partial charge in [-0.1, -0.05) is 101 Å². The Morgan fingerprint density at radius 2 is 1.30 bits per heavy atom. The standard InChI is InChI=1S/C19H18BrNO.C15H11BrF3N.C4H8O.C4H9O.K.H2/c1-19(2,3)22-18-12-17(13-8-10-14(20)11-9-13)21-16-7-5-4-6-15(16)18;1-10(11-6-8-12(16)9-7-11)20-14-5-3-2-4-13(14)15(17,18)19;1-2-4-5-3-1;1-4(2,3)5;;/h4-12H,1-3H3;2-9H,1H3;1-4H2;1-3H3;;1H/q;;;-1;+1;/i;;;;;1+1. The topological polar surface area (TPSA) is 66.8 Å². The van der Waals surface area contributed by atoms with Crippen molar-refractivity contribution in [2.75, 3.05) is 13.2 Å². The molecule has 53 heavy (non-hydrogen) atoms. The van der Waals surface area contributed by atoms with Crippen LogP contribution >= 0.6 is 31.9 Å². The fourth-order valence-electron chi connectivity index (χ4n) is 4.58. The van der Waals surface area contributed by atoms with Gasteiger partial charge in [-0.15, -0.1) is 5.60 Å². The van der Waals surface area contributed by atoms with Crippen LogP contribution in [0.4, 0.5) is 18.9 Å². The number of halogens is 5. The second-order valence-electron chi connectivity index (χ2n) is 13.9. The Bertz CT molecular complexity index is 1880. The molecule has 11 heteroatoms. The van der Waals surface area contributed by atoms with E-state index in [-0.39, 0.29) is 64.1 Å². The molecule has 0 N–H and O–H groups in total. The Hall–Kier alpha value is -1.93. The number of hydrogen-bond acceptors (Lipinski definition) is 5. The van der Waals surface area contributed by atoms with Crippen molar-refractivity contribution in [2.24, 2.45) is 4.99 Å². The summed E-state index contributed by atoms with van der Waals surface area (Å²) in [5.74, 6) is 0.871. The summed E-state index contributed by atoms with van der Waals surface area (Å²) < 4.78 is 51.7. The Morgan fingerprint density at radius 3 is 1.81 bits per heavy atom. The van der Waals surface area contributed by atoms with Crippen molar-refractivity contribution in [3.63, 3.8) is 0 Å². The zero-order valence-corrected chi connectivity index (χ0v) is 37.9. The van der Waals surface area contributed by atoms with E-state index in [4.69, 9.17) is 14.5 Å². The van der Waals surface area contributed by atoms with Gasteiger partial charge in [0, 0.05) is 46.3 Å². The van der Waals surface area contributed by atoms with E-state index in [1.54, 1.807) is 45.9 Å². The Morgan fingerprint density at radius 1 is 0.792 bits per heavy atom. The number of benzene rings is 4. The molecule has 6 rings (SSSR count). The fraction of sp³-hybridized carbons (Fsp3) is 0.333. The zero-order chi connectivity index (χ0) is 38.5. The summed E-state index contributed by atoms with van der Waals surface area (Å²) in [7, 11) is 0. The minimum absolute atomic E-state index is 0. The van der Waals surface area contributed by atoms with Gasteiger partial charge in [0.05, 0.1) is 22.5 Å². The molecule has 0 saturated carbocycles. The number of aromatic nitrogens is 1. The average Bonchev–Trinajstić information content (AvgIpc) is 3.65. The number of hydrogen-bond donors (Lipinski definition) is 0. The maximum atomic E-state index is 12.9. The van der Waals surface area contributed by atoms with Crippen LogP contribution in [-0.2, 0) is 10.9 Å². The van der Waals surface area contributed by atoms with Crippen LogP contribution in [0, 0.1) is 0 Å². The number of ether oxygens (including phenoxy) is 2. The van der Waals surface area contributed by atoms with Gasteiger partial charge in [-0.05, 0) is 94.6 Å². The van der Waals surface area contributed by atoms with E-state index in [0.717, 1.165) is 61.7 Å². The largest absolute Gasteiger partial charge is 1.00 e.